The molecule has 0 radical (unpaired) electrons. The Balaban J connectivity index is 0.000000241. The number of unbranched alkanes of at least 4 members (excludes halogenated alkanes) is 2. The third-order valence-corrected chi connectivity index (χ3v) is 12.8. The molecule has 8 rings (SSSR count). The summed E-state index contributed by atoms with van der Waals surface area (Å²) in [5.74, 6) is 0.155. The van der Waals surface area contributed by atoms with E-state index < -0.39 is 11.9 Å². The molecule has 14 nitrogen and oxygen atoms in total. The number of carbonyl (C=O) groups is 2. The first kappa shape index (κ1) is 57.1. The van der Waals surface area contributed by atoms with Gasteiger partial charge in [-0.3, -0.25) is 0 Å². The molecule has 0 saturated heterocycles. The van der Waals surface area contributed by atoms with E-state index in [4.69, 9.17) is 32.7 Å². The Labute approximate surface area is 456 Å². The first-order valence-electron chi connectivity index (χ1n) is 24.8. The molecule has 2 atom stereocenters. The Kier molecular flexibility index (Phi) is 21.7. The summed E-state index contributed by atoms with van der Waals surface area (Å²) >= 11 is 12.6. The number of hydrogen-bond donors (Lipinski definition) is 0. The summed E-state index contributed by atoms with van der Waals surface area (Å²) < 4.78 is 11.0. The van der Waals surface area contributed by atoms with Gasteiger partial charge in [-0.2, -0.15) is 0 Å². The van der Waals surface area contributed by atoms with Crippen molar-refractivity contribution in [1.82, 2.24) is 19.9 Å². The van der Waals surface area contributed by atoms with E-state index >= 15 is 0 Å². The molecule has 75 heavy (non-hydrogen) atoms. The Morgan fingerprint density at radius 3 is 1.29 bits per heavy atom. The molecule has 4 heterocycles. The maximum Gasteiger partial charge on any atom is 0.339 e. The quantitative estimate of drug-likeness (QED) is 0.0306. The van der Waals surface area contributed by atoms with Crippen LogP contribution in [-0.4, -0.2) is 45.1 Å². The van der Waals surface area contributed by atoms with E-state index in [9.17, 15) is 19.8 Å². The maximum atomic E-state index is 12.8. The van der Waals surface area contributed by atoms with Crippen LogP contribution in [0, 0.1) is 11.8 Å². The van der Waals surface area contributed by atoms with Crippen molar-refractivity contribution in [3.8, 4) is 33.8 Å². The third kappa shape index (κ3) is 15.4. The number of fused-ring (bicyclic) bond motifs is 2. The molecule has 0 aliphatic carbocycles. The van der Waals surface area contributed by atoms with Crippen LogP contribution in [0.2, 0.25) is 10.3 Å². The summed E-state index contributed by atoms with van der Waals surface area (Å²) in [4.78, 5) is 42.0. The Morgan fingerprint density at radius 2 is 0.947 bits per heavy atom. The number of aromatic nitrogens is 4. The first-order valence-corrected chi connectivity index (χ1v) is 25.6. The van der Waals surface area contributed by atoms with Crippen molar-refractivity contribution in [3.05, 3.63) is 155 Å². The van der Waals surface area contributed by atoms with Crippen LogP contribution in [0.1, 0.15) is 99.8 Å². The second kappa shape index (κ2) is 28.5. The minimum Gasteiger partial charge on any atom is -0.872 e. The topological polar surface area (TPSA) is 200 Å². The monoisotopic (exact) mass is 1090 g/mol. The molecule has 390 valence electrons. The molecule has 17 heteroatoms. The van der Waals surface area contributed by atoms with Crippen LogP contribution in [-0.2, 0) is 26.0 Å². The van der Waals surface area contributed by atoms with E-state index in [0.29, 0.717) is 92.1 Å². The molecular formula is C58H56Cl2N8NiO6-2. The van der Waals surface area contributed by atoms with Crippen molar-refractivity contribution in [2.45, 2.75) is 79.1 Å². The predicted octanol–water partition coefficient (Wildman–Crippen LogP) is 15.6. The Hall–Kier alpha value is -7.19. The van der Waals surface area contributed by atoms with Crippen molar-refractivity contribution in [2.24, 2.45) is 32.3 Å². The van der Waals surface area contributed by atoms with Gasteiger partial charge in [-0.05, 0) is 95.5 Å². The minimum atomic E-state index is -0.407. The van der Waals surface area contributed by atoms with Gasteiger partial charge in [0.2, 0.25) is 0 Å². The van der Waals surface area contributed by atoms with E-state index in [0.717, 1.165) is 62.5 Å². The normalized spacial score (nSPS) is 12.0. The minimum absolute atomic E-state index is 0. The average molecular weight is 1090 g/mol. The predicted molar refractivity (Wildman–Crippen MR) is 287 cm³/mol. The summed E-state index contributed by atoms with van der Waals surface area (Å²) in [6.45, 7) is 9.32. The van der Waals surface area contributed by atoms with Crippen LogP contribution in [0.15, 0.2) is 154 Å². The second-order valence-corrected chi connectivity index (χ2v) is 18.3. The van der Waals surface area contributed by atoms with Gasteiger partial charge in [0, 0.05) is 39.7 Å². The van der Waals surface area contributed by atoms with Crippen molar-refractivity contribution >= 4 is 80.0 Å². The molecule has 0 aliphatic heterocycles. The third-order valence-electron chi connectivity index (χ3n) is 12.4. The molecule has 0 bridgehead atoms. The van der Waals surface area contributed by atoms with Gasteiger partial charge in [0.05, 0.1) is 35.4 Å². The molecule has 0 amide bonds. The number of nitrogens with zero attached hydrogens (tertiary/aromatic N) is 8. The largest absolute Gasteiger partial charge is 0.872 e. The van der Waals surface area contributed by atoms with Crippen LogP contribution >= 0.6 is 23.2 Å². The van der Waals surface area contributed by atoms with Gasteiger partial charge >= 0.3 is 11.9 Å². The van der Waals surface area contributed by atoms with Crippen molar-refractivity contribution in [3.63, 3.8) is 0 Å². The van der Waals surface area contributed by atoms with Gasteiger partial charge < -0.3 is 19.7 Å². The van der Waals surface area contributed by atoms with E-state index in [1.165, 1.54) is 24.5 Å². The van der Waals surface area contributed by atoms with Gasteiger partial charge in [0.25, 0.3) is 0 Å². The Morgan fingerprint density at radius 1 is 0.547 bits per heavy atom. The number of hydrogen-bond acceptors (Lipinski definition) is 14. The molecular weight excluding hydrogens is 1030 g/mol. The number of esters is 2. The summed E-state index contributed by atoms with van der Waals surface area (Å²) in [6, 6.07) is 34.7. The number of ether oxygens (including phenoxy) is 2. The molecule has 4 aromatic heterocycles. The SMILES string of the molecule is CCCCC(CC)COC(=O)c1ccc(N=Nc2ccc([O-])c3c(-c4ccccc4)cc(Cl)nc23)nc1.CCCCC(CC)COC(=O)c1ccc(N=Nc2ccc([O-])c3c(-c4ccccc4)cc(Cl)nc23)nc1.[Ni]. The molecule has 8 aromatic rings. The van der Waals surface area contributed by atoms with E-state index in [1.807, 2.05) is 60.7 Å². The fourth-order valence-electron chi connectivity index (χ4n) is 8.08. The van der Waals surface area contributed by atoms with Gasteiger partial charge in [-0.15, -0.1) is 20.5 Å². The molecule has 0 fully saturated rings. The van der Waals surface area contributed by atoms with E-state index in [1.54, 1.807) is 48.5 Å². The molecule has 0 saturated carbocycles. The zero-order valence-electron chi connectivity index (χ0n) is 42.0. The summed E-state index contributed by atoms with van der Waals surface area (Å²) in [5.41, 5.74) is 5.25. The number of azo groups is 2. The molecule has 0 aliphatic rings. The fourth-order valence-corrected chi connectivity index (χ4v) is 8.46. The number of benzene rings is 4. The van der Waals surface area contributed by atoms with Gasteiger partial charge in [-0.25, -0.2) is 29.5 Å². The molecule has 0 spiro atoms. The zero-order chi connectivity index (χ0) is 52.4. The number of pyridine rings is 4. The summed E-state index contributed by atoms with van der Waals surface area (Å²) in [5, 5.41) is 43.8. The number of carbonyl (C=O) groups excluding carboxylic acids is 2. The van der Waals surface area contributed by atoms with Crippen LogP contribution in [0.25, 0.3) is 44.1 Å². The fraction of sp³-hybridized carbons (Fsp3) is 0.276. The van der Waals surface area contributed by atoms with E-state index in [-0.39, 0.29) is 38.3 Å². The number of rotatable bonds is 20. The Bertz CT molecular complexity index is 3010. The smallest absolute Gasteiger partial charge is 0.339 e. The van der Waals surface area contributed by atoms with Crippen LogP contribution in [0.3, 0.4) is 0 Å². The number of halogens is 2. The van der Waals surface area contributed by atoms with Crippen LogP contribution in [0.4, 0.5) is 23.0 Å². The second-order valence-electron chi connectivity index (χ2n) is 17.6. The van der Waals surface area contributed by atoms with Crippen LogP contribution in [0.5, 0.6) is 11.5 Å². The zero-order valence-corrected chi connectivity index (χ0v) is 44.5. The van der Waals surface area contributed by atoms with Crippen LogP contribution < -0.4 is 10.2 Å². The summed E-state index contributed by atoms with van der Waals surface area (Å²) in [7, 11) is 0. The molecule has 0 N–H and O–H groups in total. The van der Waals surface area contributed by atoms with Gasteiger partial charge in [0.1, 0.15) is 21.7 Å². The van der Waals surface area contributed by atoms with Crippen molar-refractivity contribution in [1.29, 1.82) is 0 Å². The van der Waals surface area contributed by atoms with Gasteiger partial charge in [-0.1, -0.05) is 174 Å². The molecule has 4 aromatic carbocycles. The maximum absolute atomic E-state index is 12.8. The van der Waals surface area contributed by atoms with Crippen molar-refractivity contribution < 1.29 is 45.8 Å². The first-order chi connectivity index (χ1) is 36.0. The molecule has 2 unspecified atom stereocenters. The standard InChI is InChI=1S/2C29H29ClN4O3.Ni/c2*1-3-5-9-19(4-2)18-37-29(36)21-12-15-26(31-17-21)34-33-23-13-14-24(35)27-22(16-25(30)32-28(23)27)20-10-7-6-8-11-20;/h2*6-8,10-17,19,35H,3-5,9,18H2,1-2H3;/p-2. The summed E-state index contributed by atoms with van der Waals surface area (Å²) in [6.07, 6.45) is 11.4. The van der Waals surface area contributed by atoms with Gasteiger partial charge in [0.15, 0.2) is 11.6 Å². The van der Waals surface area contributed by atoms with Crippen molar-refractivity contribution in [2.75, 3.05) is 13.2 Å². The van der Waals surface area contributed by atoms with E-state index in [2.05, 4.69) is 68.1 Å². The average Bonchev–Trinajstić information content (AvgIpc) is 3.43.